The lowest BCUT2D eigenvalue weighted by molar-refractivity contribution is -0.118. The summed E-state index contributed by atoms with van der Waals surface area (Å²) in [6.07, 6.45) is 3.65. The van der Waals surface area contributed by atoms with Gasteiger partial charge in [0.1, 0.15) is 6.07 Å². The van der Waals surface area contributed by atoms with Gasteiger partial charge in [-0.05, 0) is 17.7 Å². The van der Waals surface area contributed by atoms with Gasteiger partial charge in [0.25, 0.3) is 0 Å². The molecule has 1 aromatic rings. The molecule has 0 aliphatic heterocycles. The normalized spacial score (nSPS) is 10.1. The Morgan fingerprint density at radius 3 is 2.94 bits per heavy atom. The number of hydrogen-bond donors (Lipinski definition) is 1. The topological polar surface area (TPSA) is 52.9 Å². The lowest BCUT2D eigenvalue weighted by Crippen LogP contribution is -2.19. The lowest BCUT2D eigenvalue weighted by Gasteiger charge is -1.98. The molecular weight excluding hydrogens is 224 g/mol. The van der Waals surface area contributed by atoms with Gasteiger partial charge in [0.2, 0.25) is 5.91 Å². The van der Waals surface area contributed by atoms with Crippen LogP contribution in [0.1, 0.15) is 18.1 Å². The second kappa shape index (κ2) is 5.94. The van der Waals surface area contributed by atoms with Gasteiger partial charge in [0.05, 0.1) is 10.6 Å². The van der Waals surface area contributed by atoms with Gasteiger partial charge < -0.3 is 5.32 Å². The van der Waals surface area contributed by atoms with Gasteiger partial charge in [-0.15, -0.1) is 0 Å². The third-order valence-corrected chi connectivity index (χ3v) is 2.21. The fraction of sp³-hybridized carbons (Fsp3) is 0.167. The highest BCUT2D eigenvalue weighted by Gasteiger charge is 1.98. The molecule has 0 saturated carbocycles. The molecule has 16 heavy (non-hydrogen) atoms. The minimum atomic E-state index is -0.0671. The third kappa shape index (κ3) is 3.76. The molecule has 82 valence electrons. The Labute approximate surface area is 99.3 Å². The van der Waals surface area contributed by atoms with Gasteiger partial charge >= 0.3 is 0 Å². The number of nitriles is 1. The van der Waals surface area contributed by atoms with Crippen LogP contribution < -0.4 is 5.32 Å². The Hall–Kier alpha value is -1.79. The molecule has 1 rings (SSSR count). The summed E-state index contributed by atoms with van der Waals surface area (Å²) in [5, 5.41) is 11.8. The Bertz CT molecular complexity index is 461. The monoisotopic (exact) mass is 234 g/mol. The van der Waals surface area contributed by atoms with Crippen molar-refractivity contribution in [3.05, 3.63) is 40.4 Å². The smallest absolute Gasteiger partial charge is 0.217 e. The molecular formula is C12H11ClN2O. The van der Waals surface area contributed by atoms with Crippen molar-refractivity contribution in [3.8, 4) is 6.07 Å². The highest BCUT2D eigenvalue weighted by atomic mass is 35.5. The molecule has 4 heteroatoms. The molecule has 0 aliphatic rings. The summed E-state index contributed by atoms with van der Waals surface area (Å²) in [5.74, 6) is -0.0671. The largest absolute Gasteiger partial charge is 0.353 e. The molecule has 0 radical (unpaired) electrons. The van der Waals surface area contributed by atoms with Gasteiger partial charge in [0.15, 0.2) is 0 Å². The minimum absolute atomic E-state index is 0.0671. The molecule has 1 N–H and O–H groups in total. The molecule has 0 fully saturated rings. The first-order valence-electron chi connectivity index (χ1n) is 4.74. The maximum atomic E-state index is 10.6. The third-order valence-electron chi connectivity index (χ3n) is 1.89. The zero-order valence-corrected chi connectivity index (χ0v) is 9.58. The van der Waals surface area contributed by atoms with E-state index in [1.807, 2.05) is 18.2 Å². The second-order valence-electron chi connectivity index (χ2n) is 3.19. The number of rotatable bonds is 3. The number of nitrogens with one attached hydrogen (secondary N) is 1. The number of nitrogens with zero attached hydrogens (tertiary/aromatic N) is 1. The number of halogens is 1. The number of amides is 1. The lowest BCUT2D eigenvalue weighted by atomic mass is 10.1. The predicted molar refractivity (Wildman–Crippen MR) is 63.9 cm³/mol. The number of carbonyl (C=O) groups excluding carboxylic acids is 1. The summed E-state index contributed by atoms with van der Waals surface area (Å²) in [4.78, 5) is 10.6. The maximum Gasteiger partial charge on any atom is 0.217 e. The summed E-state index contributed by atoms with van der Waals surface area (Å²) >= 11 is 5.87. The Morgan fingerprint density at radius 2 is 2.38 bits per heavy atom. The Balaban J connectivity index is 2.65. The van der Waals surface area contributed by atoms with E-state index in [1.165, 1.54) is 6.92 Å². The molecule has 0 atom stereocenters. The van der Waals surface area contributed by atoms with E-state index in [4.69, 9.17) is 16.9 Å². The van der Waals surface area contributed by atoms with E-state index in [1.54, 1.807) is 18.2 Å². The number of benzene rings is 1. The fourth-order valence-corrected chi connectivity index (χ4v) is 1.35. The van der Waals surface area contributed by atoms with Crippen LogP contribution in [0.2, 0.25) is 5.02 Å². The van der Waals surface area contributed by atoms with Crippen molar-refractivity contribution in [3.63, 3.8) is 0 Å². The van der Waals surface area contributed by atoms with Gasteiger partial charge in [-0.3, -0.25) is 4.79 Å². The zero-order valence-electron chi connectivity index (χ0n) is 8.83. The average molecular weight is 235 g/mol. The van der Waals surface area contributed by atoms with E-state index in [0.717, 1.165) is 5.56 Å². The van der Waals surface area contributed by atoms with E-state index in [9.17, 15) is 4.79 Å². The van der Waals surface area contributed by atoms with E-state index in [0.29, 0.717) is 17.1 Å². The fourth-order valence-electron chi connectivity index (χ4n) is 1.12. The van der Waals surface area contributed by atoms with Gasteiger partial charge in [-0.25, -0.2) is 0 Å². The van der Waals surface area contributed by atoms with Crippen molar-refractivity contribution < 1.29 is 4.79 Å². The van der Waals surface area contributed by atoms with Crippen molar-refractivity contribution in [2.45, 2.75) is 6.92 Å². The minimum Gasteiger partial charge on any atom is -0.353 e. The SMILES string of the molecule is CC(=O)NCC=Cc1ccc(C#N)c(Cl)c1. The molecule has 0 heterocycles. The molecule has 0 unspecified atom stereocenters. The maximum absolute atomic E-state index is 10.6. The molecule has 0 spiro atoms. The number of hydrogen-bond acceptors (Lipinski definition) is 2. The molecule has 0 aromatic heterocycles. The van der Waals surface area contributed by atoms with Gasteiger partial charge in [-0.2, -0.15) is 5.26 Å². The van der Waals surface area contributed by atoms with E-state index in [2.05, 4.69) is 5.32 Å². The summed E-state index contributed by atoms with van der Waals surface area (Å²) in [7, 11) is 0. The highest BCUT2D eigenvalue weighted by molar-refractivity contribution is 6.31. The summed E-state index contributed by atoms with van der Waals surface area (Å²) < 4.78 is 0. The van der Waals surface area contributed by atoms with Crippen LogP contribution in [-0.2, 0) is 4.79 Å². The molecule has 1 amide bonds. The Morgan fingerprint density at radius 1 is 1.62 bits per heavy atom. The molecule has 1 aromatic carbocycles. The van der Waals surface area contributed by atoms with Crippen LogP contribution >= 0.6 is 11.6 Å². The summed E-state index contributed by atoms with van der Waals surface area (Å²) in [5.41, 5.74) is 1.36. The van der Waals surface area contributed by atoms with E-state index in [-0.39, 0.29) is 5.91 Å². The zero-order chi connectivity index (χ0) is 12.0. The summed E-state index contributed by atoms with van der Waals surface area (Å²) in [6.45, 7) is 1.94. The van der Waals surface area contributed by atoms with Crippen LogP contribution in [0.3, 0.4) is 0 Å². The van der Waals surface area contributed by atoms with Crippen molar-refractivity contribution in [2.75, 3.05) is 6.54 Å². The van der Waals surface area contributed by atoms with Crippen molar-refractivity contribution in [2.24, 2.45) is 0 Å². The molecule has 3 nitrogen and oxygen atoms in total. The quantitative estimate of drug-likeness (QED) is 0.873. The first-order valence-corrected chi connectivity index (χ1v) is 5.12. The first-order chi connectivity index (χ1) is 7.63. The van der Waals surface area contributed by atoms with Crippen LogP contribution in [0.4, 0.5) is 0 Å². The van der Waals surface area contributed by atoms with Crippen LogP contribution in [0.5, 0.6) is 0 Å². The molecule has 0 bridgehead atoms. The number of carbonyl (C=O) groups is 1. The second-order valence-corrected chi connectivity index (χ2v) is 3.60. The Kier molecular flexibility index (Phi) is 4.56. The van der Waals surface area contributed by atoms with Gasteiger partial charge in [0, 0.05) is 13.5 Å². The van der Waals surface area contributed by atoms with Crippen molar-refractivity contribution in [1.29, 1.82) is 5.26 Å². The van der Waals surface area contributed by atoms with Crippen molar-refractivity contribution >= 4 is 23.6 Å². The standard InChI is InChI=1S/C12H11ClN2O/c1-9(16)15-6-2-3-10-4-5-11(8-14)12(13)7-10/h2-5,7H,6H2,1H3,(H,15,16). The van der Waals surface area contributed by atoms with Crippen LogP contribution in [-0.4, -0.2) is 12.5 Å². The van der Waals surface area contributed by atoms with Crippen LogP contribution in [0.25, 0.3) is 6.08 Å². The predicted octanol–water partition coefficient (Wildman–Crippen LogP) is 2.36. The van der Waals surface area contributed by atoms with E-state index >= 15 is 0 Å². The molecule has 0 aliphatic carbocycles. The van der Waals surface area contributed by atoms with Gasteiger partial charge in [-0.1, -0.05) is 29.8 Å². The van der Waals surface area contributed by atoms with Crippen molar-refractivity contribution in [1.82, 2.24) is 5.32 Å². The average Bonchev–Trinajstić information content (AvgIpc) is 2.24. The van der Waals surface area contributed by atoms with Crippen LogP contribution in [0, 0.1) is 11.3 Å². The first kappa shape index (κ1) is 12.3. The molecule has 0 saturated heterocycles. The highest BCUT2D eigenvalue weighted by Crippen LogP contribution is 2.17. The van der Waals surface area contributed by atoms with Crippen LogP contribution in [0.15, 0.2) is 24.3 Å². The summed E-state index contributed by atoms with van der Waals surface area (Å²) in [6, 6.07) is 7.17. The van der Waals surface area contributed by atoms with E-state index < -0.39 is 0 Å².